The van der Waals surface area contributed by atoms with Crippen molar-refractivity contribution in [2.75, 3.05) is 13.2 Å². The molecule has 0 spiro atoms. The first-order valence-electron chi connectivity index (χ1n) is 4.13. The smallest absolute Gasteiger partial charge is 0.119 e. The molecular weight excluding hydrogens is 150 g/mol. The topological polar surface area (TPSA) is 35.2 Å². The Kier molecular flexibility index (Phi) is 3.11. The summed E-state index contributed by atoms with van der Waals surface area (Å²) >= 11 is 0. The highest BCUT2D eigenvalue weighted by molar-refractivity contribution is 5.32. The van der Waals surface area contributed by atoms with Crippen LogP contribution >= 0.6 is 0 Å². The second-order valence-electron chi connectivity index (χ2n) is 2.96. The van der Waals surface area contributed by atoms with Crippen LogP contribution in [0.2, 0.25) is 0 Å². The minimum Gasteiger partial charge on any atom is -0.492 e. The van der Waals surface area contributed by atoms with E-state index in [-0.39, 0.29) is 0 Å². The van der Waals surface area contributed by atoms with Gasteiger partial charge in [0, 0.05) is 6.54 Å². The summed E-state index contributed by atoms with van der Waals surface area (Å²) in [5.74, 6) is 0.915. The molecule has 0 aliphatic carbocycles. The fraction of sp³-hybridized carbons (Fsp3) is 0.400. The summed E-state index contributed by atoms with van der Waals surface area (Å²) in [6.07, 6.45) is 0. The van der Waals surface area contributed by atoms with E-state index in [1.165, 1.54) is 11.1 Å². The van der Waals surface area contributed by atoms with Gasteiger partial charge in [-0.1, -0.05) is 6.07 Å². The van der Waals surface area contributed by atoms with Crippen molar-refractivity contribution < 1.29 is 4.74 Å². The van der Waals surface area contributed by atoms with Gasteiger partial charge in [-0.3, -0.25) is 0 Å². The highest BCUT2D eigenvalue weighted by Crippen LogP contribution is 2.15. The van der Waals surface area contributed by atoms with Gasteiger partial charge < -0.3 is 10.5 Å². The van der Waals surface area contributed by atoms with Crippen molar-refractivity contribution in [3.63, 3.8) is 0 Å². The fourth-order valence-electron chi connectivity index (χ4n) is 1.19. The molecule has 0 bridgehead atoms. The van der Waals surface area contributed by atoms with Crippen molar-refractivity contribution in [2.24, 2.45) is 5.73 Å². The molecule has 0 aromatic heterocycles. The summed E-state index contributed by atoms with van der Waals surface area (Å²) in [5.41, 5.74) is 7.78. The zero-order valence-corrected chi connectivity index (χ0v) is 7.63. The van der Waals surface area contributed by atoms with E-state index in [0.717, 1.165) is 5.75 Å². The van der Waals surface area contributed by atoms with E-state index in [2.05, 4.69) is 19.9 Å². The molecule has 0 saturated heterocycles. The number of benzene rings is 1. The summed E-state index contributed by atoms with van der Waals surface area (Å²) < 4.78 is 5.39. The van der Waals surface area contributed by atoms with Crippen LogP contribution in [0.25, 0.3) is 0 Å². The number of ether oxygens (including phenoxy) is 1. The number of hydrogen-bond acceptors (Lipinski definition) is 2. The lowest BCUT2D eigenvalue weighted by Crippen LogP contribution is -2.10. The fourth-order valence-corrected chi connectivity index (χ4v) is 1.19. The minimum atomic E-state index is 0.562. The van der Waals surface area contributed by atoms with Crippen LogP contribution < -0.4 is 10.5 Å². The van der Waals surface area contributed by atoms with E-state index in [1.807, 2.05) is 12.1 Å². The summed E-state index contributed by atoms with van der Waals surface area (Å²) in [7, 11) is 0. The monoisotopic (exact) mass is 165 g/mol. The molecule has 0 heterocycles. The Morgan fingerprint density at radius 3 is 2.25 bits per heavy atom. The van der Waals surface area contributed by atoms with Crippen LogP contribution in [0, 0.1) is 13.8 Å². The zero-order chi connectivity index (χ0) is 8.97. The first-order valence-corrected chi connectivity index (χ1v) is 4.13. The van der Waals surface area contributed by atoms with E-state index >= 15 is 0 Å². The van der Waals surface area contributed by atoms with Gasteiger partial charge in [0.05, 0.1) is 0 Å². The third-order valence-corrected chi connectivity index (χ3v) is 1.58. The quantitative estimate of drug-likeness (QED) is 0.739. The molecule has 0 radical (unpaired) electrons. The lowest BCUT2D eigenvalue weighted by atomic mass is 10.1. The Morgan fingerprint density at radius 1 is 1.17 bits per heavy atom. The molecule has 2 nitrogen and oxygen atoms in total. The molecule has 1 aromatic carbocycles. The average molecular weight is 165 g/mol. The Hall–Kier alpha value is -1.02. The van der Waals surface area contributed by atoms with Crippen LogP contribution in [0.3, 0.4) is 0 Å². The summed E-state index contributed by atoms with van der Waals surface area (Å²) in [6, 6.07) is 6.15. The molecule has 0 amide bonds. The van der Waals surface area contributed by atoms with Gasteiger partial charge in [-0.25, -0.2) is 0 Å². The summed E-state index contributed by atoms with van der Waals surface area (Å²) in [6.45, 7) is 5.26. The van der Waals surface area contributed by atoms with Crippen molar-refractivity contribution >= 4 is 0 Å². The second-order valence-corrected chi connectivity index (χ2v) is 2.96. The third-order valence-electron chi connectivity index (χ3n) is 1.58. The van der Waals surface area contributed by atoms with Crippen LogP contribution in [0.5, 0.6) is 5.75 Å². The van der Waals surface area contributed by atoms with E-state index in [1.54, 1.807) is 0 Å². The molecule has 0 aliphatic heterocycles. The molecule has 1 rings (SSSR count). The minimum absolute atomic E-state index is 0.562. The molecule has 0 fully saturated rings. The van der Waals surface area contributed by atoms with Crippen molar-refractivity contribution in [1.82, 2.24) is 0 Å². The lowest BCUT2D eigenvalue weighted by molar-refractivity contribution is 0.328. The van der Waals surface area contributed by atoms with Gasteiger partial charge in [-0.15, -0.1) is 0 Å². The molecule has 2 N–H and O–H groups in total. The first kappa shape index (κ1) is 9.07. The highest BCUT2D eigenvalue weighted by Gasteiger charge is 1.94. The van der Waals surface area contributed by atoms with E-state index < -0.39 is 0 Å². The van der Waals surface area contributed by atoms with Gasteiger partial charge in [-0.05, 0) is 37.1 Å². The van der Waals surface area contributed by atoms with Gasteiger partial charge in [0.2, 0.25) is 0 Å². The lowest BCUT2D eigenvalue weighted by Gasteiger charge is -2.06. The van der Waals surface area contributed by atoms with Crippen molar-refractivity contribution in [3.8, 4) is 5.75 Å². The van der Waals surface area contributed by atoms with Crippen molar-refractivity contribution in [1.29, 1.82) is 0 Å². The van der Waals surface area contributed by atoms with Gasteiger partial charge in [-0.2, -0.15) is 0 Å². The Bertz CT molecular complexity index is 238. The molecular formula is C10H15NO. The predicted octanol–water partition coefficient (Wildman–Crippen LogP) is 1.64. The van der Waals surface area contributed by atoms with Crippen LogP contribution in [0.15, 0.2) is 18.2 Å². The SMILES string of the molecule is Cc1cc(C)cc(OCCN)c1. The molecule has 1 aromatic rings. The van der Waals surface area contributed by atoms with E-state index in [0.29, 0.717) is 13.2 Å². The maximum Gasteiger partial charge on any atom is 0.119 e. The number of hydrogen-bond donors (Lipinski definition) is 1. The number of nitrogens with two attached hydrogens (primary N) is 1. The van der Waals surface area contributed by atoms with Gasteiger partial charge in [0.1, 0.15) is 12.4 Å². The van der Waals surface area contributed by atoms with Crippen LogP contribution in [-0.2, 0) is 0 Å². The standard InChI is InChI=1S/C10H15NO/c1-8-5-9(2)7-10(6-8)12-4-3-11/h5-7H,3-4,11H2,1-2H3. The van der Waals surface area contributed by atoms with Crippen LogP contribution in [-0.4, -0.2) is 13.2 Å². The Balaban J connectivity index is 2.72. The predicted molar refractivity (Wildman–Crippen MR) is 50.5 cm³/mol. The average Bonchev–Trinajstić information content (AvgIpc) is 1.99. The zero-order valence-electron chi connectivity index (χ0n) is 7.63. The van der Waals surface area contributed by atoms with Gasteiger partial charge >= 0.3 is 0 Å². The highest BCUT2D eigenvalue weighted by atomic mass is 16.5. The summed E-state index contributed by atoms with van der Waals surface area (Å²) in [4.78, 5) is 0. The second kappa shape index (κ2) is 4.12. The summed E-state index contributed by atoms with van der Waals surface area (Å²) in [5, 5.41) is 0. The molecule has 0 aliphatic rings. The van der Waals surface area contributed by atoms with Gasteiger partial charge in [0.15, 0.2) is 0 Å². The maximum absolute atomic E-state index is 5.39. The Labute approximate surface area is 73.3 Å². The Morgan fingerprint density at radius 2 is 1.75 bits per heavy atom. The van der Waals surface area contributed by atoms with Crippen molar-refractivity contribution in [2.45, 2.75) is 13.8 Å². The van der Waals surface area contributed by atoms with Crippen LogP contribution in [0.4, 0.5) is 0 Å². The first-order chi connectivity index (χ1) is 5.72. The van der Waals surface area contributed by atoms with Gasteiger partial charge in [0.25, 0.3) is 0 Å². The molecule has 0 unspecified atom stereocenters. The van der Waals surface area contributed by atoms with Crippen molar-refractivity contribution in [3.05, 3.63) is 29.3 Å². The molecule has 66 valence electrons. The molecule has 2 heteroatoms. The maximum atomic E-state index is 5.39. The largest absolute Gasteiger partial charge is 0.492 e. The third kappa shape index (κ3) is 2.55. The normalized spacial score (nSPS) is 9.92. The van der Waals surface area contributed by atoms with E-state index in [4.69, 9.17) is 10.5 Å². The molecule has 12 heavy (non-hydrogen) atoms. The molecule has 0 atom stereocenters. The number of rotatable bonds is 3. The van der Waals surface area contributed by atoms with E-state index in [9.17, 15) is 0 Å². The molecule has 0 saturated carbocycles. The van der Waals surface area contributed by atoms with Crippen LogP contribution in [0.1, 0.15) is 11.1 Å². The number of aryl methyl sites for hydroxylation is 2.